The maximum atomic E-state index is 12.2. The number of carbonyl (C=O) groups excluding carboxylic acids is 1. The van der Waals surface area contributed by atoms with Gasteiger partial charge in [0.15, 0.2) is 0 Å². The Morgan fingerprint density at radius 1 is 1.32 bits per heavy atom. The van der Waals surface area contributed by atoms with Crippen LogP contribution in [0.25, 0.3) is 10.2 Å². The van der Waals surface area contributed by atoms with Crippen LogP contribution in [-0.4, -0.2) is 22.9 Å². The number of esters is 1. The number of aromatic nitrogens is 2. The van der Waals surface area contributed by atoms with Crippen molar-refractivity contribution < 1.29 is 14.3 Å². The number of rotatable bonds is 4. The van der Waals surface area contributed by atoms with Crippen molar-refractivity contribution in [1.82, 2.24) is 9.78 Å². The van der Waals surface area contributed by atoms with Crippen molar-refractivity contribution in [1.29, 1.82) is 0 Å². The first kappa shape index (κ1) is 14.6. The Morgan fingerprint density at radius 2 is 2.05 bits per heavy atom. The molecule has 3 aromatic rings. The summed E-state index contributed by atoms with van der Waals surface area (Å²) in [4.78, 5) is 13.7. The topological polar surface area (TPSA) is 53.4 Å². The van der Waals surface area contributed by atoms with Crippen molar-refractivity contribution in [2.75, 3.05) is 7.11 Å². The summed E-state index contributed by atoms with van der Waals surface area (Å²) < 4.78 is 12.3. The number of carbonyl (C=O) groups is 1. The van der Waals surface area contributed by atoms with E-state index in [0.717, 1.165) is 27.2 Å². The maximum absolute atomic E-state index is 12.2. The molecule has 0 radical (unpaired) electrons. The van der Waals surface area contributed by atoms with Crippen LogP contribution in [0.15, 0.2) is 30.3 Å². The molecule has 0 amide bonds. The average Bonchev–Trinajstić information content (AvgIpc) is 3.08. The molecule has 114 valence electrons. The van der Waals surface area contributed by atoms with E-state index in [1.54, 1.807) is 11.8 Å². The highest BCUT2D eigenvalue weighted by Crippen LogP contribution is 2.28. The minimum atomic E-state index is -0.309. The van der Waals surface area contributed by atoms with Crippen LogP contribution in [0.4, 0.5) is 0 Å². The van der Waals surface area contributed by atoms with Gasteiger partial charge >= 0.3 is 5.97 Å². The van der Waals surface area contributed by atoms with Crippen LogP contribution in [0.5, 0.6) is 5.75 Å². The van der Waals surface area contributed by atoms with Crippen molar-refractivity contribution in [2.45, 2.75) is 13.5 Å². The first-order chi connectivity index (χ1) is 10.6. The molecule has 0 saturated carbocycles. The van der Waals surface area contributed by atoms with E-state index in [1.807, 2.05) is 44.3 Å². The van der Waals surface area contributed by atoms with E-state index < -0.39 is 0 Å². The molecule has 0 unspecified atom stereocenters. The fraction of sp³-hybridized carbons (Fsp3) is 0.250. The highest BCUT2D eigenvalue weighted by Gasteiger charge is 2.16. The summed E-state index contributed by atoms with van der Waals surface area (Å²) in [7, 11) is 3.49. The molecule has 0 bridgehead atoms. The molecule has 22 heavy (non-hydrogen) atoms. The number of fused-ring (bicyclic) bond motifs is 1. The lowest BCUT2D eigenvalue weighted by Gasteiger charge is -2.04. The Hall–Kier alpha value is -2.34. The minimum Gasteiger partial charge on any atom is -0.497 e. The van der Waals surface area contributed by atoms with Gasteiger partial charge in [0.2, 0.25) is 0 Å². The zero-order chi connectivity index (χ0) is 15.7. The SMILES string of the molecule is COc1ccc(COC(=O)c2cc3c(C)nn(C)c3s2)cc1. The molecule has 0 aliphatic heterocycles. The van der Waals surface area contributed by atoms with Crippen LogP contribution < -0.4 is 4.74 Å². The first-order valence-electron chi connectivity index (χ1n) is 6.81. The summed E-state index contributed by atoms with van der Waals surface area (Å²) in [5, 5.41) is 5.33. The van der Waals surface area contributed by atoms with Gasteiger partial charge in [-0.25, -0.2) is 4.79 Å². The van der Waals surface area contributed by atoms with E-state index in [2.05, 4.69) is 5.10 Å². The van der Waals surface area contributed by atoms with Gasteiger partial charge in [0, 0.05) is 12.4 Å². The van der Waals surface area contributed by atoms with Crippen molar-refractivity contribution in [3.05, 3.63) is 46.5 Å². The molecule has 6 heteroatoms. The van der Waals surface area contributed by atoms with E-state index in [0.29, 0.717) is 4.88 Å². The van der Waals surface area contributed by atoms with Gasteiger partial charge in [-0.3, -0.25) is 4.68 Å². The highest BCUT2D eigenvalue weighted by molar-refractivity contribution is 7.20. The molecule has 0 saturated heterocycles. The fourth-order valence-electron chi connectivity index (χ4n) is 2.25. The first-order valence-corrected chi connectivity index (χ1v) is 7.63. The third-order valence-electron chi connectivity index (χ3n) is 3.43. The third-order valence-corrected chi connectivity index (χ3v) is 4.61. The van der Waals surface area contributed by atoms with Crippen molar-refractivity contribution in [2.24, 2.45) is 7.05 Å². The van der Waals surface area contributed by atoms with E-state index in [-0.39, 0.29) is 12.6 Å². The van der Waals surface area contributed by atoms with E-state index in [9.17, 15) is 4.79 Å². The standard InChI is InChI=1S/C16H16N2O3S/c1-10-13-8-14(22-15(13)18(2)17-10)16(19)21-9-11-4-6-12(20-3)7-5-11/h4-8H,9H2,1-3H3. The largest absolute Gasteiger partial charge is 0.497 e. The summed E-state index contributed by atoms with van der Waals surface area (Å²) in [5.74, 6) is 0.471. The summed E-state index contributed by atoms with van der Waals surface area (Å²) in [6.07, 6.45) is 0. The lowest BCUT2D eigenvalue weighted by atomic mass is 10.2. The maximum Gasteiger partial charge on any atom is 0.348 e. The second-order valence-electron chi connectivity index (χ2n) is 4.96. The van der Waals surface area contributed by atoms with Gasteiger partial charge in [-0.2, -0.15) is 5.10 Å². The van der Waals surface area contributed by atoms with Crippen LogP contribution in [0.3, 0.4) is 0 Å². The molecule has 0 atom stereocenters. The minimum absolute atomic E-state index is 0.244. The number of benzene rings is 1. The third kappa shape index (κ3) is 2.69. The Bertz CT molecular complexity index is 783. The van der Waals surface area contributed by atoms with Crippen LogP contribution >= 0.6 is 11.3 Å². The second kappa shape index (κ2) is 5.81. The van der Waals surface area contributed by atoms with Gasteiger partial charge in [-0.15, -0.1) is 11.3 Å². The van der Waals surface area contributed by atoms with Crippen LogP contribution in [0, 0.1) is 6.92 Å². The molecule has 0 aliphatic rings. The van der Waals surface area contributed by atoms with Gasteiger partial charge in [-0.1, -0.05) is 12.1 Å². The zero-order valence-electron chi connectivity index (χ0n) is 12.6. The number of methoxy groups -OCH3 is 1. The Kier molecular flexibility index (Phi) is 3.85. The fourth-order valence-corrected chi connectivity index (χ4v) is 3.26. The molecular formula is C16H16N2O3S. The molecule has 3 rings (SSSR count). The Morgan fingerprint density at radius 3 is 2.68 bits per heavy atom. The molecular weight excluding hydrogens is 300 g/mol. The van der Waals surface area contributed by atoms with Crippen molar-refractivity contribution in [3.8, 4) is 5.75 Å². The lowest BCUT2D eigenvalue weighted by molar-refractivity contribution is 0.0478. The quantitative estimate of drug-likeness (QED) is 0.693. The molecule has 1 aromatic carbocycles. The van der Waals surface area contributed by atoms with Gasteiger partial charge in [-0.05, 0) is 30.7 Å². The number of thiophene rings is 1. The summed E-state index contributed by atoms with van der Waals surface area (Å²) in [6.45, 7) is 2.18. The van der Waals surface area contributed by atoms with E-state index in [1.165, 1.54) is 11.3 Å². The summed E-state index contributed by atoms with van der Waals surface area (Å²) in [5.41, 5.74) is 1.84. The van der Waals surface area contributed by atoms with E-state index in [4.69, 9.17) is 9.47 Å². The molecule has 2 aromatic heterocycles. The predicted molar refractivity (Wildman–Crippen MR) is 85.4 cm³/mol. The van der Waals surface area contributed by atoms with E-state index >= 15 is 0 Å². The molecule has 5 nitrogen and oxygen atoms in total. The molecule has 0 spiro atoms. The second-order valence-corrected chi connectivity index (χ2v) is 5.99. The lowest BCUT2D eigenvalue weighted by Crippen LogP contribution is -2.03. The normalized spacial score (nSPS) is 10.9. The highest BCUT2D eigenvalue weighted by atomic mass is 32.1. The predicted octanol–water partition coefficient (Wildman–Crippen LogP) is 3.31. The van der Waals surface area contributed by atoms with Crippen LogP contribution in [0.1, 0.15) is 20.9 Å². The van der Waals surface area contributed by atoms with Gasteiger partial charge in [0.1, 0.15) is 22.1 Å². The van der Waals surface area contributed by atoms with Gasteiger partial charge in [0.05, 0.1) is 12.8 Å². The smallest absolute Gasteiger partial charge is 0.348 e. The van der Waals surface area contributed by atoms with Gasteiger partial charge < -0.3 is 9.47 Å². The molecule has 0 N–H and O–H groups in total. The Labute approximate surface area is 132 Å². The van der Waals surface area contributed by atoms with Crippen molar-refractivity contribution in [3.63, 3.8) is 0 Å². The van der Waals surface area contributed by atoms with Gasteiger partial charge in [0.25, 0.3) is 0 Å². The molecule has 0 fully saturated rings. The number of ether oxygens (including phenoxy) is 2. The number of hydrogen-bond donors (Lipinski definition) is 0. The summed E-state index contributed by atoms with van der Waals surface area (Å²) in [6, 6.07) is 9.30. The number of aryl methyl sites for hydroxylation is 2. The monoisotopic (exact) mass is 316 g/mol. The molecule has 2 heterocycles. The van der Waals surface area contributed by atoms with Crippen LogP contribution in [0.2, 0.25) is 0 Å². The zero-order valence-corrected chi connectivity index (χ0v) is 13.4. The average molecular weight is 316 g/mol. The van der Waals surface area contributed by atoms with Crippen molar-refractivity contribution >= 4 is 27.5 Å². The van der Waals surface area contributed by atoms with Crippen LogP contribution in [-0.2, 0) is 18.4 Å². The Balaban J connectivity index is 1.71. The summed E-state index contributed by atoms with van der Waals surface area (Å²) >= 11 is 1.40. The molecule has 0 aliphatic carbocycles. The number of hydrogen-bond acceptors (Lipinski definition) is 5. The number of nitrogens with zero attached hydrogens (tertiary/aromatic N) is 2.